The Morgan fingerprint density at radius 1 is 1.03 bits per heavy atom. The van der Waals surface area contributed by atoms with Crippen molar-refractivity contribution in [2.75, 3.05) is 13.1 Å². The monoisotopic (exact) mass is 466 g/mol. The third-order valence-electron chi connectivity index (χ3n) is 4.42. The van der Waals surface area contributed by atoms with Gasteiger partial charge in [0.25, 0.3) is 0 Å². The molecule has 1 heterocycles. The second-order valence-electron chi connectivity index (χ2n) is 6.34. The zero-order valence-electron chi connectivity index (χ0n) is 14.4. The van der Waals surface area contributed by atoms with Crippen LogP contribution >= 0.6 is 23.2 Å². The number of carbonyl (C=O) groups excluding carboxylic acids is 2. The number of likely N-dealkylation sites (tertiary alicyclic amines) is 1. The number of nitrogens with two attached hydrogens (primary N) is 1. The molecule has 1 aromatic rings. The number of amides is 1. The van der Waals surface area contributed by atoms with E-state index in [9.17, 15) is 35.9 Å². The molecule has 0 aliphatic carbocycles. The highest BCUT2D eigenvalue weighted by molar-refractivity contribution is 6.42. The number of hydrogen-bond acceptors (Lipinski definition) is 4. The number of piperidine rings is 1. The van der Waals surface area contributed by atoms with E-state index in [2.05, 4.69) is 4.74 Å². The molecule has 1 unspecified atom stereocenters. The first-order chi connectivity index (χ1) is 13.2. The highest BCUT2D eigenvalue weighted by atomic mass is 35.5. The summed E-state index contributed by atoms with van der Waals surface area (Å²) < 4.78 is 79.5. The minimum atomic E-state index is -5.27. The smallest absolute Gasteiger partial charge is 0.419 e. The Hall–Kier alpha value is -1.72. The molecule has 0 bridgehead atoms. The molecule has 13 heteroatoms. The summed E-state index contributed by atoms with van der Waals surface area (Å²) in [4.78, 5) is 23.1. The summed E-state index contributed by atoms with van der Waals surface area (Å²) in [5.74, 6) is -5.52. The van der Waals surface area contributed by atoms with Crippen molar-refractivity contribution in [3.63, 3.8) is 0 Å². The number of benzene rings is 1. The fourth-order valence-electron chi connectivity index (χ4n) is 2.95. The van der Waals surface area contributed by atoms with Crippen molar-refractivity contribution in [3.05, 3.63) is 27.7 Å². The highest BCUT2D eigenvalue weighted by Crippen LogP contribution is 2.39. The molecule has 1 aliphatic rings. The maximum Gasteiger partial charge on any atom is 0.491 e. The molecule has 0 spiro atoms. The van der Waals surface area contributed by atoms with Gasteiger partial charge in [0.15, 0.2) is 0 Å². The van der Waals surface area contributed by atoms with Crippen LogP contribution < -0.4 is 10.5 Å². The van der Waals surface area contributed by atoms with Gasteiger partial charge in [-0.15, -0.1) is 0 Å². The van der Waals surface area contributed by atoms with E-state index in [0.29, 0.717) is 4.90 Å². The van der Waals surface area contributed by atoms with Crippen LogP contribution in [0.15, 0.2) is 12.1 Å². The lowest BCUT2D eigenvalue weighted by molar-refractivity contribution is -0.189. The van der Waals surface area contributed by atoms with E-state index in [1.807, 2.05) is 0 Å². The number of carbonyl (C=O) groups is 2. The zero-order valence-corrected chi connectivity index (χ0v) is 15.9. The summed E-state index contributed by atoms with van der Waals surface area (Å²) in [6.07, 6.45) is -10.2. The second kappa shape index (κ2) is 8.57. The normalized spacial score (nSPS) is 17.2. The number of halogens is 8. The van der Waals surface area contributed by atoms with Crippen molar-refractivity contribution in [3.8, 4) is 5.75 Å². The van der Waals surface area contributed by atoms with Crippen LogP contribution in [0.3, 0.4) is 0 Å². The molecule has 1 atom stereocenters. The summed E-state index contributed by atoms with van der Waals surface area (Å²) in [6.45, 7) is -0.481. The van der Waals surface area contributed by atoms with Crippen molar-refractivity contribution in [2.24, 2.45) is 11.7 Å². The van der Waals surface area contributed by atoms with Gasteiger partial charge < -0.3 is 15.4 Å². The van der Waals surface area contributed by atoms with Gasteiger partial charge in [-0.2, -0.15) is 26.3 Å². The van der Waals surface area contributed by atoms with Gasteiger partial charge >= 0.3 is 24.2 Å². The number of esters is 1. The average Bonchev–Trinajstić information content (AvgIpc) is 2.62. The molecule has 2 rings (SSSR count). The van der Waals surface area contributed by atoms with Crippen LogP contribution in [-0.2, 0) is 9.59 Å². The third kappa shape index (κ3) is 5.67. The SMILES string of the molecule is NC(c1cc(Cl)c(Cl)cc1OC(=O)C(F)(F)F)C1CCN(C(=O)C(F)(F)F)CC1. The lowest BCUT2D eigenvalue weighted by Gasteiger charge is -2.35. The van der Waals surface area contributed by atoms with Gasteiger partial charge in [-0.1, -0.05) is 23.2 Å². The summed E-state index contributed by atoms with van der Waals surface area (Å²) in [7, 11) is 0. The zero-order chi connectivity index (χ0) is 22.1. The molecule has 0 aromatic heterocycles. The van der Waals surface area contributed by atoms with E-state index in [0.717, 1.165) is 12.1 Å². The minimum Gasteiger partial charge on any atom is -0.419 e. The van der Waals surface area contributed by atoms with Crippen molar-refractivity contribution >= 4 is 35.1 Å². The van der Waals surface area contributed by atoms with Gasteiger partial charge in [0.1, 0.15) is 5.75 Å². The molecule has 0 radical (unpaired) electrons. The van der Waals surface area contributed by atoms with Gasteiger partial charge in [-0.25, -0.2) is 4.79 Å². The van der Waals surface area contributed by atoms with E-state index in [1.165, 1.54) is 0 Å². The van der Waals surface area contributed by atoms with Gasteiger partial charge in [0, 0.05) is 30.8 Å². The number of nitrogens with zero attached hydrogens (tertiary/aromatic N) is 1. The molecular weight excluding hydrogens is 453 g/mol. The molecule has 1 aromatic carbocycles. The summed E-state index contributed by atoms with van der Waals surface area (Å²) >= 11 is 11.7. The Balaban J connectivity index is 2.20. The molecule has 1 fully saturated rings. The van der Waals surface area contributed by atoms with Crippen LogP contribution in [0.25, 0.3) is 0 Å². The highest BCUT2D eigenvalue weighted by Gasteiger charge is 2.44. The Bertz CT molecular complexity index is 792. The maximum absolute atomic E-state index is 12.5. The summed E-state index contributed by atoms with van der Waals surface area (Å²) in [6, 6.07) is 1.02. The predicted octanol–water partition coefficient (Wildman–Crippen LogP) is 4.26. The largest absolute Gasteiger partial charge is 0.491 e. The van der Waals surface area contributed by atoms with Crippen molar-refractivity contribution in [1.29, 1.82) is 0 Å². The van der Waals surface area contributed by atoms with Crippen LogP contribution in [0, 0.1) is 5.92 Å². The molecule has 2 N–H and O–H groups in total. The average molecular weight is 467 g/mol. The van der Waals surface area contributed by atoms with Crippen LogP contribution in [-0.4, -0.2) is 42.2 Å². The van der Waals surface area contributed by atoms with E-state index in [1.54, 1.807) is 0 Å². The Morgan fingerprint density at radius 2 is 1.55 bits per heavy atom. The van der Waals surface area contributed by atoms with Crippen LogP contribution in [0.5, 0.6) is 5.75 Å². The quantitative estimate of drug-likeness (QED) is 0.410. The summed E-state index contributed by atoms with van der Waals surface area (Å²) in [5.41, 5.74) is 6.02. The lowest BCUT2D eigenvalue weighted by Crippen LogP contribution is -2.46. The first kappa shape index (κ1) is 23.6. The minimum absolute atomic E-state index is 0.0515. The molecule has 29 heavy (non-hydrogen) atoms. The molecule has 1 saturated heterocycles. The molecule has 1 aliphatic heterocycles. The molecular formula is C16H14Cl2F6N2O3. The third-order valence-corrected chi connectivity index (χ3v) is 5.15. The number of hydrogen-bond donors (Lipinski definition) is 1. The van der Waals surface area contributed by atoms with Crippen molar-refractivity contribution < 1.29 is 40.7 Å². The van der Waals surface area contributed by atoms with Crippen LogP contribution in [0.4, 0.5) is 26.3 Å². The topological polar surface area (TPSA) is 72.6 Å². The Labute approximate surface area is 170 Å². The lowest BCUT2D eigenvalue weighted by atomic mass is 9.85. The maximum atomic E-state index is 12.5. The Kier molecular flexibility index (Phi) is 6.96. The standard InChI is InChI=1S/C16H14Cl2F6N2O3/c17-9-5-8(11(6-10(9)18)29-14(28)16(22,23)24)12(25)7-1-3-26(4-2-7)13(27)15(19,20)21/h5-7,12H,1-4,25H2. The first-order valence-electron chi connectivity index (χ1n) is 8.11. The van der Waals surface area contributed by atoms with E-state index in [-0.39, 0.29) is 41.5 Å². The first-order valence-corrected chi connectivity index (χ1v) is 8.87. The number of alkyl halides is 6. The fourth-order valence-corrected chi connectivity index (χ4v) is 3.27. The van der Waals surface area contributed by atoms with Gasteiger partial charge in [-0.3, -0.25) is 4.79 Å². The summed E-state index contributed by atoms with van der Waals surface area (Å²) in [5, 5.41) is -0.244. The molecule has 5 nitrogen and oxygen atoms in total. The van der Waals surface area contributed by atoms with Crippen LogP contribution in [0.2, 0.25) is 10.0 Å². The molecule has 0 saturated carbocycles. The number of rotatable bonds is 3. The molecule has 162 valence electrons. The van der Waals surface area contributed by atoms with E-state index < -0.39 is 41.9 Å². The van der Waals surface area contributed by atoms with Crippen LogP contribution in [0.1, 0.15) is 24.4 Å². The van der Waals surface area contributed by atoms with Crippen molar-refractivity contribution in [1.82, 2.24) is 4.90 Å². The Morgan fingerprint density at radius 3 is 2.03 bits per heavy atom. The molecule has 1 amide bonds. The van der Waals surface area contributed by atoms with E-state index >= 15 is 0 Å². The van der Waals surface area contributed by atoms with E-state index in [4.69, 9.17) is 28.9 Å². The van der Waals surface area contributed by atoms with Crippen molar-refractivity contribution in [2.45, 2.75) is 31.2 Å². The van der Waals surface area contributed by atoms with Gasteiger partial charge in [0.2, 0.25) is 0 Å². The fraction of sp³-hybridized carbons (Fsp3) is 0.500. The predicted molar refractivity (Wildman–Crippen MR) is 90.4 cm³/mol. The number of ether oxygens (including phenoxy) is 1. The van der Waals surface area contributed by atoms with Gasteiger partial charge in [0.05, 0.1) is 10.0 Å². The second-order valence-corrected chi connectivity index (χ2v) is 7.16. The van der Waals surface area contributed by atoms with Gasteiger partial charge in [-0.05, 0) is 24.8 Å².